The number of nitrogens with zero attached hydrogens (tertiary/aromatic N) is 2. The molecule has 0 fully saturated rings. The third-order valence-electron chi connectivity index (χ3n) is 6.65. The summed E-state index contributed by atoms with van der Waals surface area (Å²) in [5.41, 5.74) is 18.1. The number of hydrogen-bond donors (Lipinski definition) is 8. The molecule has 1 aromatic carbocycles. The summed E-state index contributed by atoms with van der Waals surface area (Å²) in [5, 5.41) is 17.6. The summed E-state index contributed by atoms with van der Waals surface area (Å²) in [6, 6.07) is 4.53. The number of carbonyl (C=O) groups is 4. The molecule has 41 heavy (non-hydrogen) atoms. The summed E-state index contributed by atoms with van der Waals surface area (Å²) in [6.45, 7) is 3.92. The van der Waals surface area contributed by atoms with E-state index in [1.165, 1.54) is 12.5 Å². The number of hydrogen-bond acceptors (Lipinski definition) is 7. The maximum atomic E-state index is 13.5. The Labute approximate surface area is 238 Å². The number of nitrogens with one attached hydrogen (secondary N) is 4. The Hall–Kier alpha value is -4.46. The molecule has 0 bridgehead atoms. The van der Waals surface area contributed by atoms with Gasteiger partial charge in [0.1, 0.15) is 18.1 Å². The Balaban J connectivity index is 2.23. The molecule has 1 heterocycles. The van der Waals surface area contributed by atoms with E-state index in [1.807, 2.05) is 13.8 Å². The Morgan fingerprint density at radius 3 is 2.20 bits per heavy atom. The number of nitrogens with two attached hydrogens (primary N) is 3. The fourth-order valence-corrected chi connectivity index (χ4v) is 3.97. The Morgan fingerprint density at radius 2 is 1.61 bits per heavy atom. The van der Waals surface area contributed by atoms with Gasteiger partial charge < -0.3 is 43.2 Å². The van der Waals surface area contributed by atoms with Gasteiger partial charge in [0.15, 0.2) is 5.96 Å². The molecule has 2 aromatic rings. The SMILES string of the molecule is CCC(C)C(N)C(=O)NC(Cc1cnc[nH]1)C(=O)NC(CCCN=C(N)N)C(=O)NC(Cc1ccccc1)C(=O)O. The number of guanidine groups is 1. The van der Waals surface area contributed by atoms with Crippen LogP contribution in [0, 0.1) is 5.92 Å². The molecule has 0 radical (unpaired) electrons. The van der Waals surface area contributed by atoms with Crippen molar-refractivity contribution in [1.82, 2.24) is 25.9 Å². The van der Waals surface area contributed by atoms with Crippen molar-refractivity contribution < 1.29 is 24.3 Å². The van der Waals surface area contributed by atoms with Crippen LogP contribution in [-0.2, 0) is 32.0 Å². The third kappa shape index (κ3) is 11.3. The number of carboxylic acids is 1. The molecular weight excluding hydrogens is 530 g/mol. The standard InChI is InChI=1S/C27H41N9O5/c1-3-16(2)22(28)25(39)35-20(13-18-14-31-15-33-18)24(38)34-19(10-7-11-32-27(29)30)23(37)36-21(26(40)41)12-17-8-5-4-6-9-17/h4-6,8-9,14-16,19-22H,3,7,10-13,28H2,1-2H3,(H,31,33)(H,34,38)(H,35,39)(H,36,37)(H,40,41)(H4,29,30,32). The molecule has 0 spiro atoms. The van der Waals surface area contributed by atoms with E-state index in [0.29, 0.717) is 24.1 Å². The summed E-state index contributed by atoms with van der Waals surface area (Å²) in [5.74, 6) is -3.34. The molecule has 0 saturated heterocycles. The highest BCUT2D eigenvalue weighted by Gasteiger charge is 2.31. The lowest BCUT2D eigenvalue weighted by molar-refractivity contribution is -0.142. The maximum absolute atomic E-state index is 13.5. The number of carbonyl (C=O) groups excluding carboxylic acids is 3. The number of aromatic nitrogens is 2. The molecule has 0 aliphatic rings. The van der Waals surface area contributed by atoms with Crippen molar-refractivity contribution in [2.24, 2.45) is 28.1 Å². The van der Waals surface area contributed by atoms with Crippen LogP contribution in [0.1, 0.15) is 44.4 Å². The largest absolute Gasteiger partial charge is 0.480 e. The summed E-state index contributed by atoms with van der Waals surface area (Å²) >= 11 is 0. The van der Waals surface area contributed by atoms with Crippen molar-refractivity contribution >= 4 is 29.7 Å². The van der Waals surface area contributed by atoms with Crippen LogP contribution >= 0.6 is 0 Å². The van der Waals surface area contributed by atoms with Gasteiger partial charge >= 0.3 is 5.97 Å². The van der Waals surface area contributed by atoms with Crippen molar-refractivity contribution in [3.8, 4) is 0 Å². The summed E-state index contributed by atoms with van der Waals surface area (Å²) in [4.78, 5) is 62.3. The predicted molar refractivity (Wildman–Crippen MR) is 153 cm³/mol. The minimum atomic E-state index is -1.24. The fourth-order valence-electron chi connectivity index (χ4n) is 3.97. The summed E-state index contributed by atoms with van der Waals surface area (Å²) in [6.07, 6.45) is 4.13. The zero-order valence-electron chi connectivity index (χ0n) is 23.4. The lowest BCUT2D eigenvalue weighted by Crippen LogP contribution is -2.58. The van der Waals surface area contributed by atoms with Crippen molar-refractivity contribution in [3.63, 3.8) is 0 Å². The Kier molecular flexibility index (Phi) is 13.3. The van der Waals surface area contributed by atoms with Crippen LogP contribution < -0.4 is 33.2 Å². The van der Waals surface area contributed by atoms with Gasteiger partial charge in [-0.25, -0.2) is 9.78 Å². The van der Waals surface area contributed by atoms with E-state index >= 15 is 0 Å². The van der Waals surface area contributed by atoms with E-state index in [0.717, 1.165) is 0 Å². The minimum absolute atomic E-state index is 0.0442. The first kappa shape index (κ1) is 32.8. The number of carboxylic acid groups (broad SMARTS) is 1. The molecule has 14 nitrogen and oxygen atoms in total. The van der Waals surface area contributed by atoms with Crippen LogP contribution in [-0.4, -0.2) is 75.4 Å². The van der Waals surface area contributed by atoms with Gasteiger partial charge in [-0.1, -0.05) is 50.6 Å². The molecule has 3 amide bonds. The lowest BCUT2D eigenvalue weighted by atomic mass is 9.98. The number of H-pyrrole nitrogens is 1. The average Bonchev–Trinajstić information content (AvgIpc) is 3.46. The first-order chi connectivity index (χ1) is 19.5. The number of aliphatic imine (C=N–C) groups is 1. The molecular formula is C27H41N9O5. The van der Waals surface area contributed by atoms with E-state index in [1.54, 1.807) is 30.3 Å². The first-order valence-corrected chi connectivity index (χ1v) is 13.5. The predicted octanol–water partition coefficient (Wildman–Crippen LogP) is -0.839. The maximum Gasteiger partial charge on any atom is 0.326 e. The lowest BCUT2D eigenvalue weighted by Gasteiger charge is -2.26. The molecule has 14 heteroatoms. The van der Waals surface area contributed by atoms with Crippen LogP contribution in [0.2, 0.25) is 0 Å². The topological polar surface area (TPSA) is 244 Å². The van der Waals surface area contributed by atoms with Gasteiger partial charge in [-0.05, 0) is 24.3 Å². The molecule has 0 aliphatic heterocycles. The van der Waals surface area contributed by atoms with Crippen LogP contribution in [0.25, 0.3) is 0 Å². The van der Waals surface area contributed by atoms with Crippen molar-refractivity contribution in [1.29, 1.82) is 0 Å². The van der Waals surface area contributed by atoms with Crippen LogP contribution in [0.4, 0.5) is 0 Å². The zero-order valence-corrected chi connectivity index (χ0v) is 23.4. The van der Waals surface area contributed by atoms with Gasteiger partial charge in [0, 0.05) is 31.3 Å². The second kappa shape index (κ2) is 16.6. The highest BCUT2D eigenvalue weighted by Crippen LogP contribution is 2.09. The number of benzene rings is 1. The van der Waals surface area contributed by atoms with E-state index in [2.05, 4.69) is 30.9 Å². The molecule has 2 rings (SSSR count). The van der Waals surface area contributed by atoms with Gasteiger partial charge in [-0.2, -0.15) is 0 Å². The number of aliphatic carboxylic acids is 1. The fraction of sp³-hybridized carbons (Fsp3) is 0.481. The van der Waals surface area contributed by atoms with Crippen LogP contribution in [0.15, 0.2) is 47.8 Å². The highest BCUT2D eigenvalue weighted by molar-refractivity contribution is 5.94. The van der Waals surface area contributed by atoms with E-state index in [-0.39, 0.29) is 37.7 Å². The quantitative estimate of drug-likeness (QED) is 0.0669. The second-order valence-corrected chi connectivity index (χ2v) is 9.85. The number of aromatic amines is 1. The van der Waals surface area contributed by atoms with E-state index in [4.69, 9.17) is 17.2 Å². The summed E-state index contributed by atoms with van der Waals surface area (Å²) < 4.78 is 0. The van der Waals surface area contributed by atoms with Gasteiger partial charge in [0.25, 0.3) is 0 Å². The first-order valence-electron chi connectivity index (χ1n) is 13.5. The molecule has 0 saturated carbocycles. The molecule has 224 valence electrons. The summed E-state index contributed by atoms with van der Waals surface area (Å²) in [7, 11) is 0. The van der Waals surface area contributed by atoms with Crippen molar-refractivity contribution in [2.45, 2.75) is 70.1 Å². The Bertz CT molecular complexity index is 1150. The van der Waals surface area contributed by atoms with E-state index < -0.39 is 47.9 Å². The van der Waals surface area contributed by atoms with Gasteiger partial charge in [-0.3, -0.25) is 19.4 Å². The van der Waals surface area contributed by atoms with Gasteiger partial charge in [0.2, 0.25) is 17.7 Å². The second-order valence-electron chi connectivity index (χ2n) is 9.85. The molecule has 11 N–H and O–H groups in total. The van der Waals surface area contributed by atoms with Crippen LogP contribution in [0.5, 0.6) is 0 Å². The van der Waals surface area contributed by atoms with Crippen molar-refractivity contribution in [2.75, 3.05) is 6.54 Å². The molecule has 1 aromatic heterocycles. The minimum Gasteiger partial charge on any atom is -0.480 e. The monoisotopic (exact) mass is 571 g/mol. The third-order valence-corrected chi connectivity index (χ3v) is 6.65. The van der Waals surface area contributed by atoms with Gasteiger partial charge in [0.05, 0.1) is 12.4 Å². The Morgan fingerprint density at radius 1 is 0.976 bits per heavy atom. The number of amides is 3. The van der Waals surface area contributed by atoms with Gasteiger partial charge in [-0.15, -0.1) is 0 Å². The molecule has 5 unspecified atom stereocenters. The molecule has 5 atom stereocenters. The number of rotatable bonds is 17. The smallest absolute Gasteiger partial charge is 0.326 e. The van der Waals surface area contributed by atoms with Crippen LogP contribution in [0.3, 0.4) is 0 Å². The van der Waals surface area contributed by atoms with E-state index in [9.17, 15) is 24.3 Å². The average molecular weight is 572 g/mol. The molecule has 0 aliphatic carbocycles. The zero-order chi connectivity index (χ0) is 30.4. The highest BCUT2D eigenvalue weighted by atomic mass is 16.4. The normalized spacial score (nSPS) is 14.5. The number of imidazole rings is 1. The van der Waals surface area contributed by atoms with Crippen molar-refractivity contribution in [3.05, 3.63) is 54.1 Å².